The summed E-state index contributed by atoms with van der Waals surface area (Å²) < 4.78 is 0. The molecule has 0 heterocycles. The minimum atomic E-state index is 0. The Labute approximate surface area is 158 Å². The van der Waals surface area contributed by atoms with Gasteiger partial charge >= 0.3 is 0 Å². The van der Waals surface area contributed by atoms with Crippen molar-refractivity contribution in [3.05, 3.63) is 0 Å². The van der Waals surface area contributed by atoms with E-state index in [1.165, 1.54) is 25.7 Å². The van der Waals surface area contributed by atoms with Crippen LogP contribution in [-0.4, -0.2) is 37.5 Å². The van der Waals surface area contributed by atoms with E-state index in [1.807, 2.05) is 0 Å². The average Bonchev–Trinajstić information content (AvgIpc) is 3.08. The van der Waals surface area contributed by atoms with Crippen LogP contribution in [0.3, 0.4) is 0 Å². The second-order valence-corrected chi connectivity index (χ2v) is 7.51. The summed E-state index contributed by atoms with van der Waals surface area (Å²) >= 11 is 0. The number of halogens is 1. The summed E-state index contributed by atoms with van der Waals surface area (Å²) in [5.74, 6) is 1.13. The van der Waals surface area contributed by atoms with E-state index in [4.69, 9.17) is 0 Å². The smallest absolute Gasteiger partial charge is 0.223 e. The molecule has 2 rings (SSSR count). The van der Waals surface area contributed by atoms with Gasteiger partial charge in [0, 0.05) is 31.5 Å². The van der Waals surface area contributed by atoms with Crippen molar-refractivity contribution < 1.29 is 9.59 Å². The number of carbonyl (C=O) groups is 2. The maximum Gasteiger partial charge on any atom is 0.223 e. The number of nitrogens with one attached hydrogen (secondary N) is 3. The summed E-state index contributed by atoms with van der Waals surface area (Å²) in [7, 11) is 0. The molecule has 2 amide bonds. The van der Waals surface area contributed by atoms with Gasteiger partial charge in [-0.2, -0.15) is 0 Å². The standard InChI is InChI=1S/C19H35N3O2.ClH/c1-2-11-20-12-13-21-19(24)16-7-9-17(10-8-16)22-18(23)14-15-5-3-4-6-15;/h15-17,20H,2-14H2,1H3,(H,21,24)(H,22,23);1H. The van der Waals surface area contributed by atoms with E-state index in [2.05, 4.69) is 22.9 Å². The largest absolute Gasteiger partial charge is 0.355 e. The highest BCUT2D eigenvalue weighted by Gasteiger charge is 2.27. The van der Waals surface area contributed by atoms with Crippen LogP contribution >= 0.6 is 12.4 Å². The van der Waals surface area contributed by atoms with Gasteiger partial charge in [-0.1, -0.05) is 19.8 Å². The van der Waals surface area contributed by atoms with Gasteiger partial charge in [0.15, 0.2) is 0 Å². The minimum Gasteiger partial charge on any atom is -0.355 e. The molecule has 2 saturated carbocycles. The molecule has 0 unspecified atom stereocenters. The molecule has 2 aliphatic rings. The molecule has 25 heavy (non-hydrogen) atoms. The molecule has 5 nitrogen and oxygen atoms in total. The minimum absolute atomic E-state index is 0. The van der Waals surface area contributed by atoms with Crippen molar-refractivity contribution in [3.63, 3.8) is 0 Å². The summed E-state index contributed by atoms with van der Waals surface area (Å²) in [6, 6.07) is 0.272. The lowest BCUT2D eigenvalue weighted by molar-refractivity contribution is -0.126. The van der Waals surface area contributed by atoms with Crippen molar-refractivity contribution in [3.8, 4) is 0 Å². The highest BCUT2D eigenvalue weighted by atomic mass is 35.5. The zero-order valence-electron chi connectivity index (χ0n) is 15.6. The third-order valence-electron chi connectivity index (χ3n) is 5.44. The van der Waals surface area contributed by atoms with Gasteiger partial charge in [0.05, 0.1) is 0 Å². The molecule has 6 heteroatoms. The van der Waals surface area contributed by atoms with Crippen LogP contribution in [0.25, 0.3) is 0 Å². The van der Waals surface area contributed by atoms with Gasteiger partial charge in [-0.05, 0) is 57.4 Å². The summed E-state index contributed by atoms with van der Waals surface area (Å²) in [5, 5.41) is 9.51. The van der Waals surface area contributed by atoms with Crippen molar-refractivity contribution in [2.75, 3.05) is 19.6 Å². The number of carbonyl (C=O) groups excluding carboxylic acids is 2. The van der Waals surface area contributed by atoms with E-state index in [1.54, 1.807) is 0 Å². The molecule has 0 spiro atoms. The van der Waals surface area contributed by atoms with E-state index in [-0.39, 0.29) is 36.2 Å². The Morgan fingerprint density at radius 1 is 0.920 bits per heavy atom. The Balaban J connectivity index is 0.00000312. The van der Waals surface area contributed by atoms with E-state index in [0.717, 1.165) is 45.2 Å². The summed E-state index contributed by atoms with van der Waals surface area (Å²) in [6.07, 6.45) is 10.5. The quantitative estimate of drug-likeness (QED) is 0.544. The highest BCUT2D eigenvalue weighted by molar-refractivity contribution is 5.85. The monoisotopic (exact) mass is 373 g/mol. The second kappa shape index (κ2) is 12.5. The maximum absolute atomic E-state index is 12.2. The van der Waals surface area contributed by atoms with Crippen LogP contribution in [0, 0.1) is 11.8 Å². The van der Waals surface area contributed by atoms with E-state index in [0.29, 0.717) is 18.9 Å². The van der Waals surface area contributed by atoms with Crippen molar-refractivity contribution in [1.29, 1.82) is 0 Å². The lowest BCUT2D eigenvalue weighted by Crippen LogP contribution is -2.42. The molecule has 0 bridgehead atoms. The third-order valence-corrected chi connectivity index (χ3v) is 5.44. The van der Waals surface area contributed by atoms with Crippen molar-refractivity contribution >= 4 is 24.2 Å². The third kappa shape index (κ3) is 8.41. The van der Waals surface area contributed by atoms with Gasteiger partial charge in [-0.25, -0.2) is 0 Å². The molecular formula is C19H36ClN3O2. The zero-order chi connectivity index (χ0) is 17.2. The van der Waals surface area contributed by atoms with E-state index < -0.39 is 0 Å². The number of amides is 2. The molecule has 0 aromatic rings. The topological polar surface area (TPSA) is 70.2 Å². The fourth-order valence-corrected chi connectivity index (χ4v) is 3.98. The molecule has 0 aromatic carbocycles. The molecule has 2 aliphatic carbocycles. The highest BCUT2D eigenvalue weighted by Crippen LogP contribution is 2.28. The van der Waals surface area contributed by atoms with Gasteiger partial charge < -0.3 is 16.0 Å². The first-order chi connectivity index (χ1) is 11.7. The molecule has 2 fully saturated rings. The summed E-state index contributed by atoms with van der Waals surface area (Å²) in [5.41, 5.74) is 0. The van der Waals surface area contributed by atoms with Crippen molar-refractivity contribution in [2.45, 2.75) is 77.2 Å². The molecule has 0 atom stereocenters. The van der Waals surface area contributed by atoms with Crippen LogP contribution in [-0.2, 0) is 9.59 Å². The van der Waals surface area contributed by atoms with Crippen molar-refractivity contribution in [1.82, 2.24) is 16.0 Å². The van der Waals surface area contributed by atoms with Crippen molar-refractivity contribution in [2.24, 2.45) is 11.8 Å². The van der Waals surface area contributed by atoms with Crippen LogP contribution in [0.2, 0.25) is 0 Å². The molecule has 0 aliphatic heterocycles. The van der Waals surface area contributed by atoms with E-state index in [9.17, 15) is 9.59 Å². The van der Waals surface area contributed by atoms with Gasteiger partial charge in [-0.15, -0.1) is 12.4 Å². The number of rotatable bonds is 9. The predicted octanol–water partition coefficient (Wildman–Crippen LogP) is 2.78. The van der Waals surface area contributed by atoms with Crippen LogP contribution < -0.4 is 16.0 Å². The number of hydrogen-bond acceptors (Lipinski definition) is 3. The molecule has 3 N–H and O–H groups in total. The normalized spacial score (nSPS) is 23.7. The molecule has 146 valence electrons. The SMILES string of the molecule is CCCNCCNC(=O)C1CCC(NC(=O)CC2CCCC2)CC1.Cl. The maximum atomic E-state index is 12.2. The number of hydrogen-bond donors (Lipinski definition) is 3. The van der Waals surface area contributed by atoms with Gasteiger partial charge in [0.25, 0.3) is 0 Å². The summed E-state index contributed by atoms with van der Waals surface area (Å²) in [6.45, 7) is 4.68. The average molecular weight is 374 g/mol. The Morgan fingerprint density at radius 3 is 2.24 bits per heavy atom. The van der Waals surface area contributed by atoms with Gasteiger partial charge in [0.2, 0.25) is 11.8 Å². The molecule has 0 aromatic heterocycles. The Kier molecular flexibility index (Phi) is 11.1. The zero-order valence-corrected chi connectivity index (χ0v) is 16.5. The van der Waals surface area contributed by atoms with E-state index >= 15 is 0 Å². The molecular weight excluding hydrogens is 338 g/mol. The molecule has 0 saturated heterocycles. The molecule has 0 radical (unpaired) electrons. The lowest BCUT2D eigenvalue weighted by atomic mass is 9.85. The summed E-state index contributed by atoms with van der Waals surface area (Å²) in [4.78, 5) is 24.3. The fraction of sp³-hybridized carbons (Fsp3) is 0.895. The van der Waals surface area contributed by atoms with Crippen LogP contribution in [0.4, 0.5) is 0 Å². The first-order valence-electron chi connectivity index (χ1n) is 9.96. The Bertz CT molecular complexity index is 392. The lowest BCUT2D eigenvalue weighted by Gasteiger charge is -2.28. The predicted molar refractivity (Wildman–Crippen MR) is 104 cm³/mol. The Hall–Kier alpha value is -0.810. The van der Waals surface area contributed by atoms with Crippen LogP contribution in [0.5, 0.6) is 0 Å². The van der Waals surface area contributed by atoms with Gasteiger partial charge in [-0.3, -0.25) is 9.59 Å². The first kappa shape index (κ1) is 22.2. The van der Waals surface area contributed by atoms with Gasteiger partial charge in [0.1, 0.15) is 0 Å². The van der Waals surface area contributed by atoms with Crippen LogP contribution in [0.1, 0.15) is 71.1 Å². The Morgan fingerprint density at radius 2 is 1.60 bits per heavy atom. The fourth-order valence-electron chi connectivity index (χ4n) is 3.98. The van der Waals surface area contributed by atoms with Crippen LogP contribution in [0.15, 0.2) is 0 Å². The second-order valence-electron chi connectivity index (χ2n) is 7.51. The first-order valence-corrected chi connectivity index (χ1v) is 9.96.